The first-order valence-corrected chi connectivity index (χ1v) is 25.4. The lowest BCUT2D eigenvalue weighted by Crippen LogP contribution is -2.60. The first-order chi connectivity index (χ1) is 28.8. The Morgan fingerprint density at radius 2 is 0.932 bits per heavy atom. The van der Waals surface area contributed by atoms with Gasteiger partial charge in [-0.25, -0.2) is 0 Å². The molecule has 0 spiro atoms. The smallest absolute Gasteiger partial charge is 0.220 e. The number of allylic oxidation sites excluding steroid dienone is 1. The molecule has 0 radical (unpaired) electrons. The van der Waals surface area contributed by atoms with Gasteiger partial charge in [-0.15, -0.1) is 0 Å². The monoisotopic (exact) mass is 840 g/mol. The highest BCUT2D eigenvalue weighted by molar-refractivity contribution is 5.76. The highest BCUT2D eigenvalue weighted by Gasteiger charge is 2.44. The van der Waals surface area contributed by atoms with E-state index in [4.69, 9.17) is 9.47 Å². The van der Waals surface area contributed by atoms with Crippen LogP contribution in [0.1, 0.15) is 245 Å². The van der Waals surface area contributed by atoms with E-state index in [0.717, 1.165) is 38.5 Å². The summed E-state index contributed by atoms with van der Waals surface area (Å²) >= 11 is 0. The summed E-state index contributed by atoms with van der Waals surface area (Å²) in [7, 11) is 0. The number of hydrogen-bond donors (Lipinski definition) is 6. The molecule has 0 aromatic rings. The molecule has 9 nitrogen and oxygen atoms in total. The van der Waals surface area contributed by atoms with Gasteiger partial charge in [0.05, 0.1) is 25.4 Å². The fourth-order valence-corrected chi connectivity index (χ4v) is 8.28. The molecule has 1 saturated heterocycles. The Labute approximate surface area is 363 Å². The molecule has 59 heavy (non-hydrogen) atoms. The zero-order valence-corrected chi connectivity index (χ0v) is 38.5. The Bertz CT molecular complexity index is 935. The number of rotatable bonds is 43. The summed E-state index contributed by atoms with van der Waals surface area (Å²) in [5.41, 5.74) is 0. The van der Waals surface area contributed by atoms with Crippen LogP contribution in [-0.4, -0.2) is 87.5 Å². The van der Waals surface area contributed by atoms with Crippen molar-refractivity contribution in [2.24, 2.45) is 0 Å². The van der Waals surface area contributed by atoms with Crippen molar-refractivity contribution < 1.29 is 39.8 Å². The molecule has 1 aliphatic rings. The van der Waals surface area contributed by atoms with Crippen LogP contribution >= 0.6 is 0 Å². The lowest BCUT2D eigenvalue weighted by Gasteiger charge is -2.40. The van der Waals surface area contributed by atoms with Crippen LogP contribution in [0.15, 0.2) is 12.2 Å². The maximum atomic E-state index is 13.0. The van der Waals surface area contributed by atoms with Gasteiger partial charge in [0.15, 0.2) is 6.29 Å². The second-order valence-electron chi connectivity index (χ2n) is 18.0. The number of hydrogen-bond acceptors (Lipinski definition) is 8. The number of carbonyl (C=O) groups is 1. The van der Waals surface area contributed by atoms with E-state index in [1.165, 1.54) is 186 Å². The van der Waals surface area contributed by atoms with Crippen LogP contribution in [-0.2, 0) is 14.3 Å². The Kier molecular flexibility index (Phi) is 38.9. The molecule has 350 valence electrons. The molecule has 0 aromatic heterocycles. The van der Waals surface area contributed by atoms with Gasteiger partial charge in [-0.05, 0) is 19.3 Å². The van der Waals surface area contributed by atoms with Gasteiger partial charge in [-0.2, -0.15) is 0 Å². The molecular formula is C50H97NO8. The third-order valence-corrected chi connectivity index (χ3v) is 12.4. The van der Waals surface area contributed by atoms with Crippen molar-refractivity contribution in [1.82, 2.24) is 5.32 Å². The van der Waals surface area contributed by atoms with Crippen molar-refractivity contribution in [3.8, 4) is 0 Å². The van der Waals surface area contributed by atoms with E-state index in [1.54, 1.807) is 6.08 Å². The number of ether oxygens (including phenoxy) is 2. The predicted octanol–water partition coefficient (Wildman–Crippen LogP) is 11.3. The van der Waals surface area contributed by atoms with Crippen LogP contribution < -0.4 is 5.32 Å². The molecule has 9 heteroatoms. The molecule has 7 unspecified atom stereocenters. The van der Waals surface area contributed by atoms with Gasteiger partial charge < -0.3 is 40.3 Å². The molecule has 0 bridgehead atoms. The van der Waals surface area contributed by atoms with Crippen molar-refractivity contribution in [1.29, 1.82) is 0 Å². The highest BCUT2D eigenvalue weighted by atomic mass is 16.7. The van der Waals surface area contributed by atoms with E-state index in [2.05, 4.69) is 19.2 Å². The van der Waals surface area contributed by atoms with E-state index in [-0.39, 0.29) is 12.5 Å². The largest absolute Gasteiger partial charge is 0.394 e. The number of aliphatic hydroxyl groups is 5. The summed E-state index contributed by atoms with van der Waals surface area (Å²) in [5.74, 6) is -0.172. The topological polar surface area (TPSA) is 149 Å². The standard InChI is InChI=1S/C50H97NO8/c1-3-5-7-9-11-13-15-17-19-21-22-23-24-26-28-30-32-34-36-38-40-46(54)51-43(42-58-50-49(57)48(56)47(55)45(41-52)59-50)44(53)39-37-35-33-31-29-27-25-20-18-16-14-12-10-8-6-4-2/h37,39,43-45,47-50,52-53,55-57H,3-36,38,40-42H2,1-2H3,(H,51,54)/b39-37+. The molecule has 1 amide bonds. The van der Waals surface area contributed by atoms with E-state index in [9.17, 15) is 30.3 Å². The minimum atomic E-state index is -1.56. The van der Waals surface area contributed by atoms with Crippen molar-refractivity contribution >= 4 is 5.91 Å². The zero-order chi connectivity index (χ0) is 43.0. The van der Waals surface area contributed by atoms with Gasteiger partial charge in [0.1, 0.15) is 24.4 Å². The summed E-state index contributed by atoms with van der Waals surface area (Å²) in [4.78, 5) is 13.0. The third kappa shape index (κ3) is 31.4. The molecule has 6 N–H and O–H groups in total. The predicted molar refractivity (Wildman–Crippen MR) is 244 cm³/mol. The number of unbranched alkanes of at least 4 members (excludes halogenated alkanes) is 33. The number of carbonyl (C=O) groups excluding carboxylic acids is 1. The molecule has 7 atom stereocenters. The van der Waals surface area contributed by atoms with E-state index in [1.807, 2.05) is 6.08 Å². The Morgan fingerprint density at radius 1 is 0.559 bits per heavy atom. The maximum Gasteiger partial charge on any atom is 0.220 e. The van der Waals surface area contributed by atoms with Crippen molar-refractivity contribution in [2.75, 3.05) is 13.2 Å². The second kappa shape index (κ2) is 41.0. The van der Waals surface area contributed by atoms with Crippen LogP contribution in [0.5, 0.6) is 0 Å². The third-order valence-electron chi connectivity index (χ3n) is 12.4. The van der Waals surface area contributed by atoms with Gasteiger partial charge in [-0.1, -0.05) is 231 Å². The molecule has 0 aromatic carbocycles. The molecule has 0 saturated carbocycles. The fraction of sp³-hybridized carbons (Fsp3) is 0.940. The van der Waals surface area contributed by atoms with Gasteiger partial charge in [0.2, 0.25) is 5.91 Å². The van der Waals surface area contributed by atoms with Gasteiger partial charge >= 0.3 is 0 Å². The average Bonchev–Trinajstić information content (AvgIpc) is 3.23. The van der Waals surface area contributed by atoms with Crippen molar-refractivity contribution in [3.63, 3.8) is 0 Å². The van der Waals surface area contributed by atoms with Crippen LogP contribution in [0, 0.1) is 0 Å². The molecule has 1 rings (SSSR count). The van der Waals surface area contributed by atoms with Gasteiger partial charge in [-0.3, -0.25) is 4.79 Å². The SMILES string of the molecule is CCCCCCCCCCCCCCCC/C=C/C(O)C(COC1OC(CO)C(O)C(O)C1O)NC(=O)CCCCCCCCCCCCCCCCCCCCCC. The fourth-order valence-electron chi connectivity index (χ4n) is 8.28. The minimum absolute atomic E-state index is 0.172. The number of aliphatic hydroxyl groups excluding tert-OH is 5. The maximum absolute atomic E-state index is 13.0. The average molecular weight is 840 g/mol. The zero-order valence-electron chi connectivity index (χ0n) is 38.5. The lowest BCUT2D eigenvalue weighted by atomic mass is 9.99. The Balaban J connectivity index is 2.28. The van der Waals surface area contributed by atoms with E-state index >= 15 is 0 Å². The van der Waals surface area contributed by atoms with Crippen molar-refractivity contribution in [2.45, 2.75) is 288 Å². The molecule has 1 heterocycles. The summed E-state index contributed by atoms with van der Waals surface area (Å²) in [6, 6.07) is -0.799. The Hall–Kier alpha value is -1.07. The summed E-state index contributed by atoms with van der Waals surface area (Å²) < 4.78 is 11.2. The van der Waals surface area contributed by atoms with Gasteiger partial charge in [0, 0.05) is 6.42 Å². The summed E-state index contributed by atoms with van der Waals surface area (Å²) in [6.07, 6.45) is 41.1. The van der Waals surface area contributed by atoms with Crippen molar-refractivity contribution in [3.05, 3.63) is 12.2 Å². The second-order valence-corrected chi connectivity index (χ2v) is 18.0. The van der Waals surface area contributed by atoms with Crippen LogP contribution in [0.25, 0.3) is 0 Å². The molecule has 1 fully saturated rings. The van der Waals surface area contributed by atoms with Crippen LogP contribution in [0.2, 0.25) is 0 Å². The highest BCUT2D eigenvalue weighted by Crippen LogP contribution is 2.23. The van der Waals surface area contributed by atoms with E-state index < -0.39 is 49.5 Å². The number of amides is 1. The first-order valence-electron chi connectivity index (χ1n) is 25.4. The Morgan fingerprint density at radius 3 is 1.32 bits per heavy atom. The molecule has 0 aliphatic carbocycles. The number of nitrogens with one attached hydrogen (secondary N) is 1. The van der Waals surface area contributed by atoms with Gasteiger partial charge in [0.25, 0.3) is 0 Å². The van der Waals surface area contributed by atoms with Crippen LogP contribution in [0.3, 0.4) is 0 Å². The first kappa shape index (κ1) is 55.9. The molecule has 1 aliphatic heterocycles. The molecular weight excluding hydrogens is 743 g/mol. The quantitative estimate of drug-likeness (QED) is 0.0263. The summed E-state index contributed by atoms with van der Waals surface area (Å²) in [5, 5.41) is 54.3. The normalized spacial score (nSPS) is 20.7. The van der Waals surface area contributed by atoms with Crippen LogP contribution in [0.4, 0.5) is 0 Å². The lowest BCUT2D eigenvalue weighted by molar-refractivity contribution is -0.302. The summed E-state index contributed by atoms with van der Waals surface area (Å²) in [6.45, 7) is 3.80. The minimum Gasteiger partial charge on any atom is -0.394 e. The van der Waals surface area contributed by atoms with E-state index in [0.29, 0.717) is 6.42 Å².